The van der Waals surface area contributed by atoms with E-state index in [-0.39, 0.29) is 0 Å². The van der Waals surface area contributed by atoms with E-state index < -0.39 is 0 Å². The van der Waals surface area contributed by atoms with E-state index in [2.05, 4.69) is 47.2 Å². The molecule has 0 amide bonds. The summed E-state index contributed by atoms with van der Waals surface area (Å²) >= 11 is 0. The van der Waals surface area contributed by atoms with Crippen LogP contribution in [0.25, 0.3) is 0 Å². The van der Waals surface area contributed by atoms with Crippen LogP contribution in [0, 0.1) is 0 Å². The number of nitrogens with one attached hydrogen (secondary N) is 1. The molecule has 0 aromatic carbocycles. The standard InChI is InChI=1S/C16H27N5/c1-4-17-14-11-15(19-16(18-14)12-5-6-12)21(3)13-7-9-20(2)10-8-13/h11-13H,4-10H2,1-3H3,(H,17,18,19). The molecule has 1 aliphatic carbocycles. The summed E-state index contributed by atoms with van der Waals surface area (Å²) in [5.74, 6) is 3.68. The summed E-state index contributed by atoms with van der Waals surface area (Å²) in [4.78, 5) is 14.3. The van der Waals surface area contributed by atoms with Crippen molar-refractivity contribution in [3.63, 3.8) is 0 Å². The molecule has 0 spiro atoms. The van der Waals surface area contributed by atoms with Gasteiger partial charge in [0, 0.05) is 31.6 Å². The van der Waals surface area contributed by atoms with Crippen molar-refractivity contribution in [2.45, 2.75) is 44.6 Å². The molecule has 5 nitrogen and oxygen atoms in total. The Kier molecular flexibility index (Phi) is 4.29. The highest BCUT2D eigenvalue weighted by atomic mass is 15.2. The third kappa shape index (κ3) is 3.46. The summed E-state index contributed by atoms with van der Waals surface area (Å²) in [6.45, 7) is 5.36. The van der Waals surface area contributed by atoms with Gasteiger partial charge in [0.2, 0.25) is 0 Å². The molecule has 0 atom stereocenters. The molecule has 21 heavy (non-hydrogen) atoms. The Morgan fingerprint density at radius 2 is 1.95 bits per heavy atom. The summed E-state index contributed by atoms with van der Waals surface area (Å²) in [7, 11) is 4.39. The number of anilines is 2. The molecule has 0 bridgehead atoms. The Morgan fingerprint density at radius 3 is 2.57 bits per heavy atom. The van der Waals surface area contributed by atoms with Crippen molar-refractivity contribution < 1.29 is 0 Å². The molecular weight excluding hydrogens is 262 g/mol. The molecule has 0 unspecified atom stereocenters. The number of aromatic nitrogens is 2. The monoisotopic (exact) mass is 289 g/mol. The summed E-state index contributed by atoms with van der Waals surface area (Å²) in [5, 5.41) is 3.35. The van der Waals surface area contributed by atoms with Crippen molar-refractivity contribution in [1.29, 1.82) is 0 Å². The van der Waals surface area contributed by atoms with Crippen LogP contribution in [0.4, 0.5) is 11.6 Å². The second-order valence-electron chi connectivity index (χ2n) is 6.42. The summed E-state index contributed by atoms with van der Waals surface area (Å²) in [6, 6.07) is 2.70. The zero-order chi connectivity index (χ0) is 14.8. The maximum absolute atomic E-state index is 4.83. The second kappa shape index (κ2) is 6.18. The SMILES string of the molecule is CCNc1cc(N(C)C2CCN(C)CC2)nc(C2CC2)n1. The first-order valence-electron chi connectivity index (χ1n) is 8.21. The lowest BCUT2D eigenvalue weighted by atomic mass is 10.0. The lowest BCUT2D eigenvalue weighted by molar-refractivity contribution is 0.252. The first kappa shape index (κ1) is 14.6. The Morgan fingerprint density at radius 1 is 1.24 bits per heavy atom. The lowest BCUT2D eigenvalue weighted by Gasteiger charge is -2.35. The number of piperidine rings is 1. The minimum atomic E-state index is 0.591. The van der Waals surface area contributed by atoms with Gasteiger partial charge < -0.3 is 15.1 Å². The van der Waals surface area contributed by atoms with Crippen LogP contribution in [0.1, 0.15) is 44.3 Å². The highest BCUT2D eigenvalue weighted by Gasteiger charge is 2.29. The first-order chi connectivity index (χ1) is 10.2. The molecular formula is C16H27N5. The largest absolute Gasteiger partial charge is 0.370 e. The van der Waals surface area contributed by atoms with Crippen molar-refractivity contribution in [1.82, 2.24) is 14.9 Å². The smallest absolute Gasteiger partial charge is 0.136 e. The minimum Gasteiger partial charge on any atom is -0.370 e. The Bertz CT molecular complexity index is 478. The highest BCUT2D eigenvalue weighted by molar-refractivity contribution is 5.50. The Balaban J connectivity index is 1.79. The molecule has 2 aliphatic rings. The van der Waals surface area contributed by atoms with Crippen molar-refractivity contribution in [2.75, 3.05) is 43.9 Å². The Hall–Kier alpha value is -1.36. The van der Waals surface area contributed by atoms with Crippen molar-refractivity contribution >= 4 is 11.6 Å². The van der Waals surface area contributed by atoms with Crippen molar-refractivity contribution in [3.05, 3.63) is 11.9 Å². The number of likely N-dealkylation sites (tertiary alicyclic amines) is 1. The van der Waals surface area contributed by atoms with Gasteiger partial charge in [-0.05, 0) is 52.7 Å². The van der Waals surface area contributed by atoms with E-state index in [4.69, 9.17) is 4.98 Å². The van der Waals surface area contributed by atoms with Gasteiger partial charge >= 0.3 is 0 Å². The molecule has 5 heteroatoms. The van der Waals surface area contributed by atoms with E-state index in [9.17, 15) is 0 Å². The minimum absolute atomic E-state index is 0.591. The fraction of sp³-hybridized carbons (Fsp3) is 0.750. The first-order valence-corrected chi connectivity index (χ1v) is 8.21. The van der Waals surface area contributed by atoms with Crippen LogP contribution in [0.3, 0.4) is 0 Å². The van der Waals surface area contributed by atoms with Gasteiger partial charge in [-0.2, -0.15) is 0 Å². The van der Waals surface area contributed by atoms with E-state index in [1.165, 1.54) is 38.8 Å². The van der Waals surface area contributed by atoms with Gasteiger partial charge in [0.1, 0.15) is 17.5 Å². The maximum Gasteiger partial charge on any atom is 0.136 e. The van der Waals surface area contributed by atoms with Crippen LogP contribution in [0.5, 0.6) is 0 Å². The van der Waals surface area contributed by atoms with Crippen molar-refractivity contribution in [2.24, 2.45) is 0 Å². The van der Waals surface area contributed by atoms with Gasteiger partial charge in [-0.15, -0.1) is 0 Å². The molecule has 2 heterocycles. The molecule has 2 fully saturated rings. The van der Waals surface area contributed by atoms with Crippen molar-refractivity contribution in [3.8, 4) is 0 Å². The molecule has 0 radical (unpaired) electrons. The zero-order valence-electron chi connectivity index (χ0n) is 13.5. The van der Waals surface area contributed by atoms with Gasteiger partial charge in [0.05, 0.1) is 0 Å². The Labute approximate surface area is 127 Å². The fourth-order valence-electron chi connectivity index (χ4n) is 3.00. The van der Waals surface area contributed by atoms with Gasteiger partial charge in [0.25, 0.3) is 0 Å². The molecule has 1 saturated heterocycles. The van der Waals surface area contributed by atoms with Crippen LogP contribution in [-0.4, -0.2) is 54.6 Å². The molecule has 3 rings (SSSR count). The summed E-state index contributed by atoms with van der Waals surface area (Å²) in [5.41, 5.74) is 0. The van der Waals surface area contributed by atoms with Gasteiger partial charge in [-0.1, -0.05) is 0 Å². The van der Waals surface area contributed by atoms with Crippen LogP contribution in [0.2, 0.25) is 0 Å². The molecule has 116 valence electrons. The van der Waals surface area contributed by atoms with E-state index in [1.54, 1.807) is 0 Å². The molecule has 1 aliphatic heterocycles. The van der Waals surface area contributed by atoms with E-state index >= 15 is 0 Å². The van der Waals surface area contributed by atoms with Crippen LogP contribution in [-0.2, 0) is 0 Å². The lowest BCUT2D eigenvalue weighted by Crippen LogP contribution is -2.42. The van der Waals surface area contributed by atoms with E-state index in [1.807, 2.05) is 0 Å². The van der Waals surface area contributed by atoms with Gasteiger partial charge in [0.15, 0.2) is 0 Å². The summed E-state index contributed by atoms with van der Waals surface area (Å²) in [6.07, 6.45) is 4.92. The predicted molar refractivity (Wildman–Crippen MR) is 87.1 cm³/mol. The average molecular weight is 289 g/mol. The second-order valence-corrected chi connectivity index (χ2v) is 6.42. The van der Waals surface area contributed by atoms with E-state index in [0.29, 0.717) is 12.0 Å². The topological polar surface area (TPSA) is 44.3 Å². The van der Waals surface area contributed by atoms with Gasteiger partial charge in [-0.3, -0.25) is 0 Å². The van der Waals surface area contributed by atoms with Crippen LogP contribution < -0.4 is 10.2 Å². The third-order valence-electron chi connectivity index (χ3n) is 4.63. The van der Waals surface area contributed by atoms with Crippen LogP contribution in [0.15, 0.2) is 6.07 Å². The van der Waals surface area contributed by atoms with E-state index in [0.717, 1.165) is 24.0 Å². The third-order valence-corrected chi connectivity index (χ3v) is 4.63. The fourth-order valence-corrected chi connectivity index (χ4v) is 3.00. The number of nitrogens with zero attached hydrogens (tertiary/aromatic N) is 4. The normalized spacial score (nSPS) is 20.5. The molecule has 1 N–H and O–H groups in total. The summed E-state index contributed by atoms with van der Waals surface area (Å²) < 4.78 is 0. The molecule has 1 saturated carbocycles. The molecule has 1 aromatic heterocycles. The number of hydrogen-bond donors (Lipinski definition) is 1. The molecule has 1 aromatic rings. The predicted octanol–water partition coefficient (Wildman–Crippen LogP) is 2.32. The quantitative estimate of drug-likeness (QED) is 0.901. The zero-order valence-corrected chi connectivity index (χ0v) is 13.5. The average Bonchev–Trinajstić information content (AvgIpc) is 3.32. The van der Waals surface area contributed by atoms with Crippen LogP contribution >= 0.6 is 0 Å². The number of rotatable bonds is 5. The maximum atomic E-state index is 4.83. The van der Waals surface area contributed by atoms with Gasteiger partial charge in [-0.25, -0.2) is 9.97 Å². The highest BCUT2D eigenvalue weighted by Crippen LogP contribution is 2.39. The number of hydrogen-bond acceptors (Lipinski definition) is 5.